The lowest BCUT2D eigenvalue weighted by molar-refractivity contribution is 0.0932. The summed E-state index contributed by atoms with van der Waals surface area (Å²) in [5.41, 5.74) is 1.62. The van der Waals surface area contributed by atoms with Gasteiger partial charge in [-0.15, -0.1) is 0 Å². The van der Waals surface area contributed by atoms with Gasteiger partial charge in [-0.05, 0) is 43.9 Å². The minimum Gasteiger partial charge on any atom is -0.370 e. The maximum Gasteiger partial charge on any atom is 0.270 e. The Morgan fingerprint density at radius 3 is 2.64 bits per heavy atom. The topological polar surface area (TPSA) is 66.9 Å². The summed E-state index contributed by atoms with van der Waals surface area (Å²) in [5, 5.41) is 7.08. The van der Waals surface area contributed by atoms with Crippen molar-refractivity contribution in [3.05, 3.63) is 52.4 Å². The Kier molecular flexibility index (Phi) is 5.87. The Hall–Kier alpha value is -2.14. The molecule has 1 aliphatic carbocycles. The first kappa shape index (κ1) is 17.7. The summed E-state index contributed by atoms with van der Waals surface area (Å²) in [6.07, 6.45) is 5.34. The first-order valence-corrected chi connectivity index (χ1v) is 9.13. The van der Waals surface area contributed by atoms with Gasteiger partial charge in [0, 0.05) is 23.7 Å². The average molecular weight is 359 g/mol. The molecule has 2 N–H and O–H groups in total. The molecule has 0 spiro atoms. The minimum atomic E-state index is -0.113. The van der Waals surface area contributed by atoms with Crippen LogP contribution in [0, 0.1) is 6.92 Å². The molecule has 132 valence electrons. The number of anilines is 1. The molecule has 3 rings (SSSR count). The van der Waals surface area contributed by atoms with Crippen molar-refractivity contribution in [3.8, 4) is 0 Å². The number of hydrogen-bond donors (Lipinski definition) is 2. The van der Waals surface area contributed by atoms with Crippen molar-refractivity contribution in [2.45, 2.75) is 45.1 Å². The van der Waals surface area contributed by atoms with Crippen LogP contribution < -0.4 is 10.6 Å². The second-order valence-corrected chi connectivity index (χ2v) is 6.88. The van der Waals surface area contributed by atoms with Crippen LogP contribution in [0.2, 0.25) is 5.02 Å². The van der Waals surface area contributed by atoms with Crippen LogP contribution >= 0.6 is 11.6 Å². The van der Waals surface area contributed by atoms with Gasteiger partial charge in [0.2, 0.25) is 0 Å². The largest absolute Gasteiger partial charge is 0.370 e. The van der Waals surface area contributed by atoms with Gasteiger partial charge in [-0.25, -0.2) is 9.97 Å². The van der Waals surface area contributed by atoms with E-state index in [0.717, 1.165) is 30.8 Å². The fraction of sp³-hybridized carbons (Fsp3) is 0.421. The van der Waals surface area contributed by atoms with Crippen LogP contribution in [0.4, 0.5) is 5.82 Å². The van der Waals surface area contributed by atoms with E-state index in [2.05, 4.69) is 20.6 Å². The van der Waals surface area contributed by atoms with Gasteiger partial charge >= 0.3 is 0 Å². The van der Waals surface area contributed by atoms with Crippen molar-refractivity contribution in [2.24, 2.45) is 0 Å². The van der Waals surface area contributed by atoms with Crippen molar-refractivity contribution in [1.29, 1.82) is 0 Å². The quantitative estimate of drug-likeness (QED) is 0.825. The molecule has 1 aromatic carbocycles. The molecule has 6 heteroatoms. The van der Waals surface area contributed by atoms with E-state index < -0.39 is 0 Å². The predicted octanol–water partition coefficient (Wildman–Crippen LogP) is 3.77. The van der Waals surface area contributed by atoms with Crippen LogP contribution in [0.1, 0.15) is 47.6 Å². The number of amides is 1. The molecule has 1 heterocycles. The van der Waals surface area contributed by atoms with Crippen LogP contribution in [-0.4, -0.2) is 28.5 Å². The Balaban J connectivity index is 1.58. The highest BCUT2D eigenvalue weighted by molar-refractivity contribution is 6.30. The molecule has 0 bridgehead atoms. The Morgan fingerprint density at radius 1 is 1.20 bits per heavy atom. The normalized spacial score (nSPS) is 14.5. The SMILES string of the molecule is Cc1nc(NCCc2ccc(Cl)cc2)cc(C(=O)NC2CCCC2)n1. The zero-order valence-corrected chi connectivity index (χ0v) is 15.1. The second-order valence-electron chi connectivity index (χ2n) is 6.44. The predicted molar refractivity (Wildman–Crippen MR) is 100 cm³/mol. The standard InChI is InChI=1S/C19H23ClN4O/c1-13-22-17(19(25)24-16-4-2-3-5-16)12-18(23-13)21-11-10-14-6-8-15(20)9-7-14/h6-9,12,16H,2-5,10-11H2,1H3,(H,24,25)(H,21,22,23). The first-order chi connectivity index (χ1) is 12.1. The Labute approximate surface area is 153 Å². The average Bonchev–Trinajstić information content (AvgIpc) is 3.09. The smallest absolute Gasteiger partial charge is 0.270 e. The van der Waals surface area contributed by atoms with Crippen LogP contribution in [-0.2, 0) is 6.42 Å². The number of benzene rings is 1. The van der Waals surface area contributed by atoms with Gasteiger partial charge in [0.1, 0.15) is 17.3 Å². The molecule has 25 heavy (non-hydrogen) atoms. The summed E-state index contributed by atoms with van der Waals surface area (Å²) in [5.74, 6) is 1.16. The van der Waals surface area contributed by atoms with E-state index in [1.807, 2.05) is 24.3 Å². The van der Waals surface area contributed by atoms with Crippen LogP contribution in [0.25, 0.3) is 0 Å². The molecule has 1 saturated carbocycles. The molecule has 0 radical (unpaired) electrons. The van der Waals surface area contributed by atoms with Crippen molar-refractivity contribution in [2.75, 3.05) is 11.9 Å². The number of halogens is 1. The zero-order valence-electron chi connectivity index (χ0n) is 14.4. The summed E-state index contributed by atoms with van der Waals surface area (Å²) in [4.78, 5) is 21.0. The number of hydrogen-bond acceptors (Lipinski definition) is 4. The van der Waals surface area contributed by atoms with E-state index in [-0.39, 0.29) is 11.9 Å². The van der Waals surface area contributed by atoms with Crippen LogP contribution in [0.3, 0.4) is 0 Å². The van der Waals surface area contributed by atoms with Gasteiger partial charge in [-0.1, -0.05) is 36.6 Å². The molecule has 1 fully saturated rings. The number of rotatable bonds is 6. The highest BCUT2D eigenvalue weighted by Gasteiger charge is 2.19. The highest BCUT2D eigenvalue weighted by atomic mass is 35.5. The molecule has 0 aliphatic heterocycles. The molecule has 1 amide bonds. The number of carbonyl (C=O) groups is 1. The molecule has 0 atom stereocenters. The summed E-state index contributed by atoms with van der Waals surface area (Å²) in [7, 11) is 0. The molecule has 5 nitrogen and oxygen atoms in total. The van der Waals surface area contributed by atoms with Crippen LogP contribution in [0.5, 0.6) is 0 Å². The molecule has 0 unspecified atom stereocenters. The third-order valence-electron chi connectivity index (χ3n) is 4.39. The number of aromatic nitrogens is 2. The van der Waals surface area contributed by atoms with E-state index in [4.69, 9.17) is 11.6 Å². The van der Waals surface area contributed by atoms with E-state index in [1.54, 1.807) is 13.0 Å². The fourth-order valence-corrected chi connectivity index (χ4v) is 3.22. The molecule has 1 aromatic heterocycles. The number of nitrogens with one attached hydrogen (secondary N) is 2. The molecule has 2 aromatic rings. The van der Waals surface area contributed by atoms with Gasteiger partial charge in [0.15, 0.2) is 0 Å². The van der Waals surface area contributed by atoms with E-state index >= 15 is 0 Å². The van der Waals surface area contributed by atoms with Gasteiger partial charge in [-0.3, -0.25) is 4.79 Å². The Bertz CT molecular complexity index is 727. The summed E-state index contributed by atoms with van der Waals surface area (Å²) in [6, 6.07) is 9.79. The minimum absolute atomic E-state index is 0.113. The summed E-state index contributed by atoms with van der Waals surface area (Å²) < 4.78 is 0. The lowest BCUT2D eigenvalue weighted by Gasteiger charge is -2.13. The summed E-state index contributed by atoms with van der Waals surface area (Å²) in [6.45, 7) is 2.53. The number of aryl methyl sites for hydroxylation is 1. The lowest BCUT2D eigenvalue weighted by Crippen LogP contribution is -2.33. The van der Waals surface area contributed by atoms with Crippen molar-refractivity contribution in [1.82, 2.24) is 15.3 Å². The van der Waals surface area contributed by atoms with Gasteiger partial charge in [0.25, 0.3) is 5.91 Å². The van der Waals surface area contributed by atoms with Gasteiger partial charge in [0.05, 0.1) is 0 Å². The molecular formula is C19H23ClN4O. The highest BCUT2D eigenvalue weighted by Crippen LogP contribution is 2.18. The Morgan fingerprint density at radius 2 is 1.92 bits per heavy atom. The maximum atomic E-state index is 12.4. The number of carbonyl (C=O) groups excluding carboxylic acids is 1. The van der Waals surface area contributed by atoms with Crippen molar-refractivity contribution >= 4 is 23.3 Å². The fourth-order valence-electron chi connectivity index (χ4n) is 3.09. The lowest BCUT2D eigenvalue weighted by atomic mass is 10.1. The van der Waals surface area contributed by atoms with Gasteiger partial charge < -0.3 is 10.6 Å². The van der Waals surface area contributed by atoms with E-state index in [1.165, 1.54) is 18.4 Å². The second kappa shape index (κ2) is 8.30. The van der Waals surface area contributed by atoms with Crippen molar-refractivity contribution in [3.63, 3.8) is 0 Å². The first-order valence-electron chi connectivity index (χ1n) is 8.75. The van der Waals surface area contributed by atoms with E-state index in [9.17, 15) is 4.79 Å². The maximum absolute atomic E-state index is 12.4. The van der Waals surface area contributed by atoms with E-state index in [0.29, 0.717) is 17.3 Å². The zero-order chi connectivity index (χ0) is 17.6. The monoisotopic (exact) mass is 358 g/mol. The molecular weight excluding hydrogens is 336 g/mol. The number of nitrogens with zero attached hydrogens (tertiary/aromatic N) is 2. The van der Waals surface area contributed by atoms with Crippen molar-refractivity contribution < 1.29 is 4.79 Å². The molecule has 0 saturated heterocycles. The van der Waals surface area contributed by atoms with Crippen LogP contribution in [0.15, 0.2) is 30.3 Å². The third-order valence-corrected chi connectivity index (χ3v) is 4.65. The summed E-state index contributed by atoms with van der Waals surface area (Å²) >= 11 is 5.90. The third kappa shape index (κ3) is 5.16. The van der Waals surface area contributed by atoms with Gasteiger partial charge in [-0.2, -0.15) is 0 Å². The molecule has 1 aliphatic rings.